The Hall–Kier alpha value is -2.22. The Morgan fingerprint density at radius 3 is 2.78 bits per heavy atom. The van der Waals surface area contributed by atoms with E-state index in [4.69, 9.17) is 4.74 Å². The molecule has 0 heterocycles. The van der Waals surface area contributed by atoms with Crippen molar-refractivity contribution in [2.75, 3.05) is 20.8 Å². The van der Waals surface area contributed by atoms with Gasteiger partial charge in [-0.25, -0.2) is 9.45 Å². The molecule has 18 heavy (non-hydrogen) atoms. The summed E-state index contributed by atoms with van der Waals surface area (Å²) < 4.78 is 18.1. The van der Waals surface area contributed by atoms with Crippen LogP contribution in [-0.2, 0) is 9.63 Å². The second-order valence-electron chi connectivity index (χ2n) is 3.23. The molecule has 0 N–H and O–H groups in total. The van der Waals surface area contributed by atoms with Crippen molar-refractivity contribution >= 4 is 11.6 Å². The van der Waals surface area contributed by atoms with Crippen LogP contribution in [0.3, 0.4) is 0 Å². The van der Waals surface area contributed by atoms with Crippen molar-refractivity contribution in [2.45, 2.75) is 0 Å². The van der Waals surface area contributed by atoms with Crippen molar-refractivity contribution in [3.05, 3.63) is 34.1 Å². The van der Waals surface area contributed by atoms with Crippen LogP contribution in [0.1, 0.15) is 0 Å². The number of amides is 1. The first-order chi connectivity index (χ1) is 8.45. The van der Waals surface area contributed by atoms with E-state index in [9.17, 15) is 19.3 Å². The van der Waals surface area contributed by atoms with E-state index in [-0.39, 0.29) is 11.4 Å². The number of carbonyl (C=O) groups excluding carboxylic acids is 1. The third kappa shape index (κ3) is 3.39. The summed E-state index contributed by atoms with van der Waals surface area (Å²) in [5, 5.41) is 11.4. The van der Waals surface area contributed by atoms with Gasteiger partial charge < -0.3 is 4.74 Å². The molecule has 0 aliphatic rings. The van der Waals surface area contributed by atoms with Crippen LogP contribution in [0.2, 0.25) is 0 Å². The van der Waals surface area contributed by atoms with Crippen LogP contribution in [0, 0.1) is 15.9 Å². The molecule has 1 amide bonds. The molecule has 0 saturated carbocycles. The number of nitro benzene ring substituents is 1. The van der Waals surface area contributed by atoms with Crippen molar-refractivity contribution in [1.29, 1.82) is 0 Å². The number of hydrogen-bond acceptors (Lipinski definition) is 5. The maximum atomic E-state index is 13.3. The van der Waals surface area contributed by atoms with E-state index in [0.29, 0.717) is 0 Å². The SMILES string of the molecule is CON(C)C(=O)COc1cc([N+](=O)[O-])ccc1F. The highest BCUT2D eigenvalue weighted by Crippen LogP contribution is 2.23. The number of rotatable bonds is 5. The van der Waals surface area contributed by atoms with Gasteiger partial charge in [0.2, 0.25) is 0 Å². The standard InChI is InChI=1S/C10H11FN2O5/c1-12(17-2)10(14)6-18-9-5-7(13(15)16)3-4-8(9)11/h3-5H,6H2,1-2H3. The van der Waals surface area contributed by atoms with Crippen LogP contribution in [0.4, 0.5) is 10.1 Å². The molecule has 0 spiro atoms. The Bertz CT molecular complexity index is 466. The molecule has 0 aliphatic heterocycles. The summed E-state index contributed by atoms with van der Waals surface area (Å²) in [6, 6.07) is 2.82. The number of carbonyl (C=O) groups is 1. The number of nitrogens with zero attached hydrogens (tertiary/aromatic N) is 2. The molecule has 1 aromatic rings. The number of non-ortho nitro benzene ring substituents is 1. The number of hydrogen-bond donors (Lipinski definition) is 0. The minimum Gasteiger partial charge on any atom is -0.480 e. The Morgan fingerprint density at radius 1 is 1.56 bits per heavy atom. The average molecular weight is 258 g/mol. The Kier molecular flexibility index (Phi) is 4.55. The van der Waals surface area contributed by atoms with E-state index < -0.39 is 23.3 Å². The average Bonchev–Trinajstić information content (AvgIpc) is 2.36. The molecule has 0 saturated heterocycles. The van der Waals surface area contributed by atoms with Crippen molar-refractivity contribution in [3.63, 3.8) is 0 Å². The molecule has 0 radical (unpaired) electrons. The molecule has 98 valence electrons. The smallest absolute Gasteiger partial charge is 0.283 e. The molecule has 0 aliphatic carbocycles. The molecule has 0 bridgehead atoms. The Labute approximate surface area is 102 Å². The molecule has 0 aromatic heterocycles. The molecule has 7 nitrogen and oxygen atoms in total. The first-order valence-corrected chi connectivity index (χ1v) is 4.83. The summed E-state index contributed by atoms with van der Waals surface area (Å²) in [5.74, 6) is -1.70. The van der Waals surface area contributed by atoms with Gasteiger partial charge in [0.15, 0.2) is 18.2 Å². The van der Waals surface area contributed by atoms with Crippen LogP contribution in [0.5, 0.6) is 5.75 Å². The molecule has 0 atom stereocenters. The van der Waals surface area contributed by atoms with Gasteiger partial charge in [0.05, 0.1) is 18.1 Å². The summed E-state index contributed by atoms with van der Waals surface area (Å²) in [4.78, 5) is 25.7. The minimum atomic E-state index is -0.784. The fourth-order valence-corrected chi connectivity index (χ4v) is 1.05. The summed E-state index contributed by atoms with van der Waals surface area (Å²) in [5.41, 5.74) is -0.320. The zero-order valence-corrected chi connectivity index (χ0v) is 9.75. The first kappa shape index (κ1) is 13.8. The highest BCUT2D eigenvalue weighted by atomic mass is 19.1. The highest BCUT2D eigenvalue weighted by molar-refractivity contribution is 5.76. The van der Waals surface area contributed by atoms with Crippen LogP contribution < -0.4 is 4.74 Å². The number of halogens is 1. The topological polar surface area (TPSA) is 81.9 Å². The largest absolute Gasteiger partial charge is 0.480 e. The van der Waals surface area contributed by atoms with Crippen molar-refractivity contribution in [2.24, 2.45) is 0 Å². The van der Waals surface area contributed by atoms with Crippen LogP contribution >= 0.6 is 0 Å². The second kappa shape index (κ2) is 5.92. The molecule has 0 unspecified atom stereocenters. The summed E-state index contributed by atoms with van der Waals surface area (Å²) in [6.07, 6.45) is 0. The lowest BCUT2D eigenvalue weighted by atomic mass is 10.3. The quantitative estimate of drug-likeness (QED) is 0.584. The predicted molar refractivity (Wildman–Crippen MR) is 58.3 cm³/mol. The first-order valence-electron chi connectivity index (χ1n) is 4.83. The normalized spacial score (nSPS) is 9.94. The number of ether oxygens (including phenoxy) is 1. The van der Waals surface area contributed by atoms with Crippen molar-refractivity contribution in [1.82, 2.24) is 5.06 Å². The predicted octanol–water partition coefficient (Wildman–Crippen LogP) is 1.13. The lowest BCUT2D eigenvalue weighted by Gasteiger charge is -2.14. The Morgan fingerprint density at radius 2 is 2.22 bits per heavy atom. The van der Waals surface area contributed by atoms with Crippen LogP contribution in [-0.4, -0.2) is 36.7 Å². The lowest BCUT2D eigenvalue weighted by Crippen LogP contribution is -2.30. The number of likely N-dealkylation sites (N-methyl/N-ethyl adjacent to an activating group) is 1. The van der Waals surface area contributed by atoms with Crippen LogP contribution in [0.25, 0.3) is 0 Å². The Balaban J connectivity index is 2.75. The second-order valence-corrected chi connectivity index (χ2v) is 3.23. The van der Waals surface area contributed by atoms with Gasteiger partial charge in [0, 0.05) is 13.1 Å². The van der Waals surface area contributed by atoms with Gasteiger partial charge in [-0.2, -0.15) is 0 Å². The van der Waals surface area contributed by atoms with Gasteiger partial charge in [-0.3, -0.25) is 19.7 Å². The molecule has 1 rings (SSSR count). The van der Waals surface area contributed by atoms with Crippen LogP contribution in [0.15, 0.2) is 18.2 Å². The van der Waals surface area contributed by atoms with E-state index in [2.05, 4.69) is 4.84 Å². The minimum absolute atomic E-state index is 0.320. The molecular weight excluding hydrogens is 247 g/mol. The number of nitro groups is 1. The maximum Gasteiger partial charge on any atom is 0.283 e. The van der Waals surface area contributed by atoms with E-state index >= 15 is 0 Å². The third-order valence-electron chi connectivity index (χ3n) is 2.10. The van der Waals surface area contributed by atoms with Gasteiger partial charge in [0.25, 0.3) is 11.6 Å². The summed E-state index contributed by atoms with van der Waals surface area (Å²) in [7, 11) is 2.64. The molecule has 0 fully saturated rings. The fourth-order valence-electron chi connectivity index (χ4n) is 1.05. The number of benzene rings is 1. The van der Waals surface area contributed by atoms with Gasteiger partial charge in [-0.05, 0) is 6.07 Å². The van der Waals surface area contributed by atoms with Gasteiger partial charge >= 0.3 is 0 Å². The van der Waals surface area contributed by atoms with E-state index in [0.717, 1.165) is 23.3 Å². The fraction of sp³-hybridized carbons (Fsp3) is 0.300. The number of hydroxylamine groups is 2. The monoisotopic (exact) mass is 258 g/mol. The maximum absolute atomic E-state index is 13.3. The van der Waals surface area contributed by atoms with Gasteiger partial charge in [-0.15, -0.1) is 0 Å². The van der Waals surface area contributed by atoms with Crippen molar-refractivity contribution < 1.29 is 23.7 Å². The highest BCUT2D eigenvalue weighted by Gasteiger charge is 2.14. The summed E-state index contributed by atoms with van der Waals surface area (Å²) >= 11 is 0. The zero-order valence-electron chi connectivity index (χ0n) is 9.75. The lowest BCUT2D eigenvalue weighted by molar-refractivity contribution is -0.385. The van der Waals surface area contributed by atoms with E-state index in [1.165, 1.54) is 14.2 Å². The molecule has 1 aromatic carbocycles. The van der Waals surface area contributed by atoms with Crippen molar-refractivity contribution in [3.8, 4) is 5.75 Å². The molecular formula is C10H11FN2O5. The summed E-state index contributed by atoms with van der Waals surface area (Å²) in [6.45, 7) is -0.484. The third-order valence-corrected chi connectivity index (χ3v) is 2.10. The van der Waals surface area contributed by atoms with E-state index in [1.54, 1.807) is 0 Å². The zero-order chi connectivity index (χ0) is 13.7. The van der Waals surface area contributed by atoms with Gasteiger partial charge in [-0.1, -0.05) is 0 Å². The van der Waals surface area contributed by atoms with E-state index in [1.807, 2.05) is 0 Å². The molecule has 8 heteroatoms. The van der Waals surface area contributed by atoms with Gasteiger partial charge in [0.1, 0.15) is 0 Å².